The van der Waals surface area contributed by atoms with Crippen molar-refractivity contribution in [2.75, 3.05) is 0 Å². The molecule has 5 N–H and O–H groups in total. The number of fused-ring (bicyclic) bond motifs is 2. The predicted molar refractivity (Wildman–Crippen MR) is 35.9 cm³/mol. The Morgan fingerprint density at radius 3 is 1.67 bits per heavy atom. The lowest BCUT2D eigenvalue weighted by Crippen LogP contribution is -2.40. The Bertz CT molecular complexity index is 107. The van der Waals surface area contributed by atoms with Gasteiger partial charge in [-0.1, -0.05) is 0 Å². The molecule has 9 heavy (non-hydrogen) atoms. The SMILES string of the molecule is NC1CC2NC1CC2N. The summed E-state index contributed by atoms with van der Waals surface area (Å²) in [5, 5.41) is 3.38. The maximum atomic E-state index is 5.76. The van der Waals surface area contributed by atoms with Crippen LogP contribution in [0.3, 0.4) is 0 Å². The first-order valence-electron chi connectivity index (χ1n) is 3.54. The fourth-order valence-corrected chi connectivity index (χ4v) is 1.92. The second-order valence-electron chi connectivity index (χ2n) is 3.18. The van der Waals surface area contributed by atoms with Crippen LogP contribution in [0, 0.1) is 0 Å². The van der Waals surface area contributed by atoms with E-state index in [9.17, 15) is 0 Å². The summed E-state index contributed by atoms with van der Waals surface area (Å²) in [7, 11) is 0. The standard InChI is InChI=1S/C6H13N3/c7-3-1-5-4(8)2-6(3)9-5/h3-6,9H,1-2,7-8H2. The maximum Gasteiger partial charge on any atom is 0.0238 e. The summed E-state index contributed by atoms with van der Waals surface area (Å²) in [6.07, 6.45) is 2.15. The molecule has 0 spiro atoms. The van der Waals surface area contributed by atoms with Gasteiger partial charge in [0.25, 0.3) is 0 Å². The summed E-state index contributed by atoms with van der Waals surface area (Å²) < 4.78 is 0. The van der Waals surface area contributed by atoms with Crippen LogP contribution in [0.4, 0.5) is 0 Å². The third-order valence-corrected chi connectivity index (χ3v) is 2.51. The fraction of sp³-hybridized carbons (Fsp3) is 1.00. The van der Waals surface area contributed by atoms with Crippen molar-refractivity contribution in [1.82, 2.24) is 5.32 Å². The highest BCUT2D eigenvalue weighted by atomic mass is 15.1. The van der Waals surface area contributed by atoms with Gasteiger partial charge in [-0.2, -0.15) is 0 Å². The van der Waals surface area contributed by atoms with Crippen LogP contribution in [0.2, 0.25) is 0 Å². The maximum absolute atomic E-state index is 5.76. The molecule has 52 valence electrons. The Morgan fingerprint density at radius 1 is 1.00 bits per heavy atom. The molecule has 0 aromatic heterocycles. The molecule has 2 aliphatic heterocycles. The Labute approximate surface area is 54.8 Å². The Balaban J connectivity index is 2.10. The van der Waals surface area contributed by atoms with E-state index in [1.54, 1.807) is 0 Å². The molecular weight excluding hydrogens is 114 g/mol. The van der Waals surface area contributed by atoms with Gasteiger partial charge in [0.1, 0.15) is 0 Å². The van der Waals surface area contributed by atoms with Crippen molar-refractivity contribution < 1.29 is 0 Å². The Morgan fingerprint density at radius 2 is 1.44 bits per heavy atom. The van der Waals surface area contributed by atoms with Gasteiger partial charge in [-0.25, -0.2) is 0 Å². The van der Waals surface area contributed by atoms with Crippen LogP contribution in [-0.4, -0.2) is 24.2 Å². The van der Waals surface area contributed by atoms with Crippen molar-refractivity contribution in [3.05, 3.63) is 0 Å². The number of rotatable bonds is 0. The Kier molecular flexibility index (Phi) is 1.06. The highest BCUT2D eigenvalue weighted by Gasteiger charge is 2.41. The molecule has 2 saturated heterocycles. The molecule has 2 aliphatic rings. The van der Waals surface area contributed by atoms with Gasteiger partial charge in [-0.05, 0) is 12.8 Å². The second-order valence-corrected chi connectivity index (χ2v) is 3.18. The van der Waals surface area contributed by atoms with Gasteiger partial charge in [0.15, 0.2) is 0 Å². The van der Waals surface area contributed by atoms with Crippen LogP contribution < -0.4 is 16.8 Å². The summed E-state index contributed by atoms with van der Waals surface area (Å²) in [5.74, 6) is 0. The van der Waals surface area contributed by atoms with Crippen molar-refractivity contribution in [2.45, 2.75) is 37.0 Å². The predicted octanol–water partition coefficient (Wildman–Crippen LogP) is -1.22. The lowest BCUT2D eigenvalue weighted by atomic mass is 9.93. The van der Waals surface area contributed by atoms with E-state index in [1.807, 2.05) is 0 Å². The van der Waals surface area contributed by atoms with Crippen LogP contribution in [-0.2, 0) is 0 Å². The minimum absolute atomic E-state index is 0.370. The number of nitrogens with two attached hydrogens (primary N) is 2. The molecule has 0 aromatic rings. The van der Waals surface area contributed by atoms with Crippen LogP contribution in [0.1, 0.15) is 12.8 Å². The van der Waals surface area contributed by atoms with Crippen molar-refractivity contribution >= 4 is 0 Å². The van der Waals surface area contributed by atoms with Gasteiger partial charge >= 0.3 is 0 Å². The first kappa shape index (κ1) is 5.65. The first-order valence-corrected chi connectivity index (χ1v) is 3.54. The monoisotopic (exact) mass is 127 g/mol. The van der Waals surface area contributed by atoms with Gasteiger partial charge in [0.05, 0.1) is 0 Å². The zero-order valence-corrected chi connectivity index (χ0v) is 5.38. The zero-order valence-electron chi connectivity index (χ0n) is 5.38. The summed E-state index contributed by atoms with van der Waals surface area (Å²) in [5.41, 5.74) is 11.5. The molecule has 4 atom stereocenters. The van der Waals surface area contributed by atoms with E-state index in [4.69, 9.17) is 11.5 Å². The van der Waals surface area contributed by atoms with Gasteiger partial charge < -0.3 is 16.8 Å². The molecule has 0 aromatic carbocycles. The second kappa shape index (κ2) is 1.68. The van der Waals surface area contributed by atoms with Crippen molar-refractivity contribution in [2.24, 2.45) is 11.5 Å². The molecular formula is C6H13N3. The molecule has 2 rings (SSSR count). The topological polar surface area (TPSA) is 64.1 Å². The first-order chi connectivity index (χ1) is 4.27. The molecule has 3 heteroatoms. The van der Waals surface area contributed by atoms with Crippen LogP contribution in [0.25, 0.3) is 0 Å². The number of hydrogen-bond donors (Lipinski definition) is 3. The van der Waals surface area contributed by atoms with Crippen molar-refractivity contribution in [3.63, 3.8) is 0 Å². The summed E-state index contributed by atoms with van der Waals surface area (Å²) in [6.45, 7) is 0. The van der Waals surface area contributed by atoms with E-state index in [2.05, 4.69) is 5.32 Å². The largest absolute Gasteiger partial charge is 0.326 e. The number of nitrogens with one attached hydrogen (secondary N) is 1. The molecule has 2 heterocycles. The molecule has 2 fully saturated rings. The smallest absolute Gasteiger partial charge is 0.0238 e. The van der Waals surface area contributed by atoms with E-state index in [0.29, 0.717) is 24.2 Å². The minimum Gasteiger partial charge on any atom is -0.326 e. The van der Waals surface area contributed by atoms with E-state index in [1.165, 1.54) is 0 Å². The van der Waals surface area contributed by atoms with Crippen LogP contribution in [0.15, 0.2) is 0 Å². The molecule has 0 amide bonds. The third-order valence-electron chi connectivity index (χ3n) is 2.51. The summed E-state index contributed by atoms with van der Waals surface area (Å²) >= 11 is 0. The quantitative estimate of drug-likeness (QED) is 0.382. The molecule has 0 aliphatic carbocycles. The van der Waals surface area contributed by atoms with Crippen molar-refractivity contribution in [3.8, 4) is 0 Å². The van der Waals surface area contributed by atoms with E-state index in [0.717, 1.165) is 12.8 Å². The fourth-order valence-electron chi connectivity index (χ4n) is 1.92. The van der Waals surface area contributed by atoms with E-state index < -0.39 is 0 Å². The molecule has 4 unspecified atom stereocenters. The van der Waals surface area contributed by atoms with Gasteiger partial charge in [-0.15, -0.1) is 0 Å². The average molecular weight is 127 g/mol. The molecule has 2 bridgehead atoms. The average Bonchev–Trinajstić information content (AvgIpc) is 2.24. The van der Waals surface area contributed by atoms with Gasteiger partial charge in [0, 0.05) is 24.2 Å². The number of hydrogen-bond acceptors (Lipinski definition) is 3. The van der Waals surface area contributed by atoms with Crippen molar-refractivity contribution in [1.29, 1.82) is 0 Å². The normalized spacial score (nSPS) is 56.7. The van der Waals surface area contributed by atoms with E-state index in [-0.39, 0.29) is 0 Å². The zero-order chi connectivity index (χ0) is 6.43. The van der Waals surface area contributed by atoms with E-state index >= 15 is 0 Å². The molecule has 0 saturated carbocycles. The third kappa shape index (κ3) is 0.689. The Hall–Kier alpha value is -0.120. The van der Waals surface area contributed by atoms with Gasteiger partial charge in [0.2, 0.25) is 0 Å². The minimum atomic E-state index is 0.370. The lowest BCUT2D eigenvalue weighted by Gasteiger charge is -2.19. The van der Waals surface area contributed by atoms with Crippen LogP contribution >= 0.6 is 0 Å². The molecule has 3 nitrogen and oxygen atoms in total. The summed E-state index contributed by atoms with van der Waals surface area (Å²) in [4.78, 5) is 0. The van der Waals surface area contributed by atoms with Crippen LogP contribution in [0.5, 0.6) is 0 Å². The van der Waals surface area contributed by atoms with Gasteiger partial charge in [-0.3, -0.25) is 0 Å². The highest BCUT2D eigenvalue weighted by molar-refractivity contribution is 5.06. The molecule has 0 radical (unpaired) electrons. The summed E-state index contributed by atoms with van der Waals surface area (Å²) in [6, 6.07) is 1.78. The highest BCUT2D eigenvalue weighted by Crippen LogP contribution is 2.25. The lowest BCUT2D eigenvalue weighted by molar-refractivity contribution is 0.454.